The van der Waals surface area contributed by atoms with Gasteiger partial charge in [0.25, 0.3) is 5.56 Å². The Balaban J connectivity index is 1.85. The van der Waals surface area contributed by atoms with Gasteiger partial charge in [-0.1, -0.05) is 48.5 Å². The molecule has 6 heteroatoms. The van der Waals surface area contributed by atoms with Crippen LogP contribution in [0.25, 0.3) is 16.9 Å². The van der Waals surface area contributed by atoms with Gasteiger partial charge in [-0.05, 0) is 36.4 Å². The van der Waals surface area contributed by atoms with Crippen molar-refractivity contribution in [3.63, 3.8) is 0 Å². The first-order chi connectivity index (χ1) is 13.2. The minimum Gasteiger partial charge on any atom is -0.288 e. The number of aromatic nitrogens is 2. The molecule has 0 unspecified atom stereocenters. The van der Waals surface area contributed by atoms with E-state index in [1.807, 2.05) is 60.7 Å². The van der Waals surface area contributed by atoms with Gasteiger partial charge in [-0.15, -0.1) is 5.11 Å². The molecule has 132 valence electrons. The van der Waals surface area contributed by atoms with Crippen molar-refractivity contribution in [1.29, 1.82) is 0 Å². The molecule has 0 aliphatic heterocycles. The lowest BCUT2D eigenvalue weighted by Gasteiger charge is -2.01. The van der Waals surface area contributed by atoms with Crippen LogP contribution >= 0.6 is 0 Å². The Hall–Kier alpha value is -3.80. The zero-order chi connectivity index (χ0) is 18.6. The molecule has 1 heterocycles. The number of hydrogen-bond donors (Lipinski definition) is 1. The van der Waals surface area contributed by atoms with Gasteiger partial charge in [0.05, 0.1) is 17.1 Å². The Kier molecular flexibility index (Phi) is 4.45. The fraction of sp³-hybridized carbons (Fsp3) is 0. The van der Waals surface area contributed by atoms with E-state index >= 15 is 0 Å². The molecule has 0 aliphatic rings. The lowest BCUT2D eigenvalue weighted by atomic mass is 10.1. The molecule has 3 aromatic carbocycles. The number of nitrogens with zero attached hydrogens (tertiary/aromatic N) is 3. The van der Waals surface area contributed by atoms with Gasteiger partial charge < -0.3 is 0 Å². The van der Waals surface area contributed by atoms with Crippen LogP contribution in [-0.2, 0) is 0 Å². The topological polar surface area (TPSA) is 62.5 Å². The second kappa shape index (κ2) is 7.21. The first kappa shape index (κ1) is 16.7. The summed E-state index contributed by atoms with van der Waals surface area (Å²) in [6.07, 6.45) is 0. The molecule has 27 heavy (non-hydrogen) atoms. The summed E-state index contributed by atoms with van der Waals surface area (Å²) in [6.45, 7) is 0. The van der Waals surface area contributed by atoms with Crippen LogP contribution < -0.4 is 5.56 Å². The van der Waals surface area contributed by atoms with Crippen LogP contribution in [0.4, 0.5) is 15.8 Å². The first-order valence-corrected chi connectivity index (χ1v) is 8.35. The lowest BCUT2D eigenvalue weighted by Crippen LogP contribution is -2.13. The summed E-state index contributed by atoms with van der Waals surface area (Å²) in [6, 6.07) is 24.3. The normalized spacial score (nSPS) is 11.1. The van der Waals surface area contributed by atoms with Crippen molar-refractivity contribution in [1.82, 2.24) is 9.78 Å². The SMILES string of the molecule is O=c1c(N=Nc2ccc(F)cc2)c(-c2ccccc2)[nH]n1-c1ccccc1. The van der Waals surface area contributed by atoms with E-state index in [0.29, 0.717) is 17.1 Å². The van der Waals surface area contributed by atoms with Crippen molar-refractivity contribution in [2.24, 2.45) is 10.2 Å². The molecule has 1 aromatic heterocycles. The van der Waals surface area contributed by atoms with Crippen LogP contribution in [0.2, 0.25) is 0 Å². The summed E-state index contributed by atoms with van der Waals surface area (Å²) in [5, 5.41) is 11.4. The Morgan fingerprint density at radius 3 is 2.07 bits per heavy atom. The second-order valence-electron chi connectivity index (χ2n) is 5.85. The molecular formula is C21H15FN4O. The molecule has 0 saturated carbocycles. The number of hydrogen-bond acceptors (Lipinski definition) is 3. The van der Waals surface area contributed by atoms with Gasteiger partial charge in [-0.2, -0.15) is 5.11 Å². The summed E-state index contributed by atoms with van der Waals surface area (Å²) in [7, 11) is 0. The fourth-order valence-corrected chi connectivity index (χ4v) is 2.70. The fourth-order valence-electron chi connectivity index (χ4n) is 2.70. The van der Waals surface area contributed by atoms with E-state index in [4.69, 9.17) is 0 Å². The third-order valence-corrected chi connectivity index (χ3v) is 4.04. The zero-order valence-corrected chi connectivity index (χ0v) is 14.2. The van der Waals surface area contributed by atoms with Gasteiger partial charge in [0.1, 0.15) is 5.82 Å². The number of azo groups is 1. The number of rotatable bonds is 4. The molecule has 0 aliphatic carbocycles. The highest BCUT2D eigenvalue weighted by Crippen LogP contribution is 2.28. The van der Waals surface area contributed by atoms with E-state index in [0.717, 1.165) is 5.56 Å². The molecule has 0 fully saturated rings. The van der Waals surface area contributed by atoms with E-state index in [9.17, 15) is 9.18 Å². The van der Waals surface area contributed by atoms with Crippen LogP contribution in [0.1, 0.15) is 0 Å². The molecule has 0 spiro atoms. The summed E-state index contributed by atoms with van der Waals surface area (Å²) in [5.41, 5.74) is 2.41. The van der Waals surface area contributed by atoms with Crippen molar-refractivity contribution < 1.29 is 4.39 Å². The third kappa shape index (κ3) is 3.46. The van der Waals surface area contributed by atoms with Crippen molar-refractivity contribution in [2.75, 3.05) is 0 Å². The Bertz CT molecular complexity index is 1130. The Labute approximate surface area is 154 Å². The highest BCUT2D eigenvalue weighted by molar-refractivity contribution is 5.71. The van der Waals surface area contributed by atoms with E-state index in [1.54, 1.807) is 0 Å². The van der Waals surface area contributed by atoms with Crippen molar-refractivity contribution in [3.05, 3.63) is 101 Å². The molecule has 0 radical (unpaired) electrons. The summed E-state index contributed by atoms with van der Waals surface area (Å²) >= 11 is 0. The Morgan fingerprint density at radius 2 is 1.41 bits per heavy atom. The highest BCUT2D eigenvalue weighted by Gasteiger charge is 2.16. The van der Waals surface area contributed by atoms with E-state index in [1.165, 1.54) is 28.9 Å². The molecule has 0 saturated heterocycles. The second-order valence-corrected chi connectivity index (χ2v) is 5.85. The maximum Gasteiger partial charge on any atom is 0.299 e. The highest BCUT2D eigenvalue weighted by atomic mass is 19.1. The van der Waals surface area contributed by atoms with Crippen molar-refractivity contribution in [2.45, 2.75) is 0 Å². The number of benzene rings is 3. The average molecular weight is 358 g/mol. The molecular weight excluding hydrogens is 343 g/mol. The quantitative estimate of drug-likeness (QED) is 0.489. The van der Waals surface area contributed by atoms with Gasteiger partial charge in [0.15, 0.2) is 5.69 Å². The predicted octanol–water partition coefficient (Wildman–Crippen LogP) is 5.39. The van der Waals surface area contributed by atoms with Gasteiger partial charge >= 0.3 is 0 Å². The van der Waals surface area contributed by atoms with Crippen molar-refractivity contribution in [3.8, 4) is 16.9 Å². The Morgan fingerprint density at radius 1 is 0.778 bits per heavy atom. The number of nitrogens with one attached hydrogen (secondary N) is 1. The summed E-state index contributed by atoms with van der Waals surface area (Å²) in [4.78, 5) is 13.0. The minimum atomic E-state index is -0.355. The average Bonchev–Trinajstić information content (AvgIpc) is 3.05. The number of halogens is 1. The molecule has 0 amide bonds. The van der Waals surface area contributed by atoms with Crippen LogP contribution in [-0.4, -0.2) is 9.78 Å². The van der Waals surface area contributed by atoms with E-state index in [-0.39, 0.29) is 17.1 Å². The van der Waals surface area contributed by atoms with E-state index in [2.05, 4.69) is 15.3 Å². The van der Waals surface area contributed by atoms with Gasteiger partial charge in [-0.3, -0.25) is 9.89 Å². The first-order valence-electron chi connectivity index (χ1n) is 8.35. The van der Waals surface area contributed by atoms with Gasteiger partial charge in [0.2, 0.25) is 0 Å². The van der Waals surface area contributed by atoms with Crippen molar-refractivity contribution >= 4 is 11.4 Å². The predicted molar refractivity (Wildman–Crippen MR) is 102 cm³/mol. The molecule has 0 atom stereocenters. The molecule has 0 bridgehead atoms. The van der Waals surface area contributed by atoms with E-state index < -0.39 is 0 Å². The molecule has 1 N–H and O–H groups in total. The van der Waals surface area contributed by atoms with Gasteiger partial charge in [-0.25, -0.2) is 9.07 Å². The van der Waals surface area contributed by atoms with Crippen LogP contribution in [0.15, 0.2) is 100.0 Å². The number of para-hydroxylation sites is 1. The monoisotopic (exact) mass is 358 g/mol. The zero-order valence-electron chi connectivity index (χ0n) is 14.2. The number of H-pyrrole nitrogens is 1. The largest absolute Gasteiger partial charge is 0.299 e. The van der Waals surface area contributed by atoms with Crippen LogP contribution in [0.3, 0.4) is 0 Å². The molecule has 5 nitrogen and oxygen atoms in total. The van der Waals surface area contributed by atoms with Gasteiger partial charge in [0, 0.05) is 5.56 Å². The lowest BCUT2D eigenvalue weighted by molar-refractivity contribution is 0.628. The maximum atomic E-state index is 13.1. The minimum absolute atomic E-state index is 0.189. The molecule has 4 rings (SSSR count). The van der Waals surface area contributed by atoms with Crippen LogP contribution in [0, 0.1) is 5.82 Å². The summed E-state index contributed by atoms with van der Waals surface area (Å²) < 4.78 is 14.5. The van der Waals surface area contributed by atoms with Crippen LogP contribution in [0.5, 0.6) is 0 Å². The smallest absolute Gasteiger partial charge is 0.288 e. The number of aromatic amines is 1. The third-order valence-electron chi connectivity index (χ3n) is 4.04. The standard InChI is InChI=1S/C21H15FN4O/c22-16-11-13-17(14-12-16)23-24-20-19(15-7-3-1-4-8-15)25-26(21(20)27)18-9-5-2-6-10-18/h1-14,25H. The molecule has 4 aromatic rings. The summed E-state index contributed by atoms with van der Waals surface area (Å²) in [5.74, 6) is -0.355. The maximum absolute atomic E-state index is 13.1.